The average molecular weight is 479 g/mol. The van der Waals surface area contributed by atoms with E-state index in [1.807, 2.05) is 18.2 Å². The number of methoxy groups -OCH3 is 1. The highest BCUT2D eigenvalue weighted by atomic mass is 35.5. The topological polar surface area (TPSA) is 76.2 Å². The summed E-state index contributed by atoms with van der Waals surface area (Å²) in [5.74, 6) is 0.617. The molecule has 0 spiro atoms. The molecule has 0 saturated carbocycles. The van der Waals surface area contributed by atoms with Crippen LogP contribution in [0.5, 0.6) is 5.75 Å². The molecule has 0 N–H and O–H groups in total. The number of hydrogen-bond acceptors (Lipinski definition) is 5. The molecule has 2 aliphatic rings. The number of nitrogens with zero attached hydrogens (tertiary/aromatic N) is 2. The van der Waals surface area contributed by atoms with Crippen LogP contribution in [0.1, 0.15) is 18.4 Å². The molecule has 0 aromatic heterocycles. The van der Waals surface area contributed by atoms with Crippen molar-refractivity contribution >= 4 is 27.5 Å². The molecule has 9 heteroatoms. The molecule has 0 unspecified atom stereocenters. The maximum atomic E-state index is 13.7. The summed E-state index contributed by atoms with van der Waals surface area (Å²) in [7, 11) is -2.10. The molecular formula is C23H27ClN2O5S. The van der Waals surface area contributed by atoms with Gasteiger partial charge in [0.1, 0.15) is 5.75 Å². The molecule has 32 heavy (non-hydrogen) atoms. The zero-order valence-electron chi connectivity index (χ0n) is 18.0. The number of carbonyl (C=O) groups excluding carboxylic acids is 1. The first-order chi connectivity index (χ1) is 15.4. The van der Waals surface area contributed by atoms with Crippen molar-refractivity contribution in [2.45, 2.75) is 23.2 Å². The lowest BCUT2D eigenvalue weighted by atomic mass is 9.73. The van der Waals surface area contributed by atoms with Crippen LogP contribution in [0, 0.1) is 0 Å². The van der Waals surface area contributed by atoms with E-state index in [0.717, 1.165) is 5.56 Å². The Morgan fingerprint density at radius 1 is 1.03 bits per heavy atom. The Balaban J connectivity index is 1.50. The quantitative estimate of drug-likeness (QED) is 0.660. The zero-order valence-corrected chi connectivity index (χ0v) is 19.6. The number of benzene rings is 2. The minimum Gasteiger partial charge on any atom is -0.497 e. The highest BCUT2D eigenvalue weighted by molar-refractivity contribution is 7.89. The van der Waals surface area contributed by atoms with E-state index in [0.29, 0.717) is 49.9 Å². The summed E-state index contributed by atoms with van der Waals surface area (Å²) in [5, 5.41) is 0.594. The predicted octanol–water partition coefficient (Wildman–Crippen LogP) is 2.93. The maximum absolute atomic E-state index is 13.7. The summed E-state index contributed by atoms with van der Waals surface area (Å²) >= 11 is 6.23. The van der Waals surface area contributed by atoms with Gasteiger partial charge in [-0.1, -0.05) is 23.7 Å². The Morgan fingerprint density at radius 2 is 1.69 bits per heavy atom. The first-order valence-electron chi connectivity index (χ1n) is 10.6. The van der Waals surface area contributed by atoms with Crippen molar-refractivity contribution < 1.29 is 22.7 Å². The second-order valence-electron chi connectivity index (χ2n) is 8.08. The molecule has 2 saturated heterocycles. The third-order valence-electron chi connectivity index (χ3n) is 6.36. The fourth-order valence-corrected chi connectivity index (χ4v) is 6.08. The molecule has 172 valence electrons. The van der Waals surface area contributed by atoms with Gasteiger partial charge in [-0.25, -0.2) is 8.42 Å². The summed E-state index contributed by atoms with van der Waals surface area (Å²) < 4.78 is 38.2. The monoisotopic (exact) mass is 478 g/mol. The van der Waals surface area contributed by atoms with E-state index in [2.05, 4.69) is 0 Å². The summed E-state index contributed by atoms with van der Waals surface area (Å²) in [4.78, 5) is 15.7. The number of carbonyl (C=O) groups is 1. The molecule has 1 amide bonds. The van der Waals surface area contributed by atoms with E-state index in [4.69, 9.17) is 21.1 Å². The van der Waals surface area contributed by atoms with E-state index in [1.54, 1.807) is 35.2 Å². The standard InChI is InChI=1S/C23H27ClN2O5S/c1-30-20-5-7-21(8-6-20)32(28,29)26-13-11-25(12-14-26)22(27)23(9-15-31-16-10-23)18-3-2-4-19(24)17-18/h2-8,17H,9-16H2,1H3. The Bertz CT molecular complexity index is 1060. The van der Waals surface area contributed by atoms with Gasteiger partial charge in [-0.3, -0.25) is 4.79 Å². The smallest absolute Gasteiger partial charge is 0.243 e. The van der Waals surface area contributed by atoms with Gasteiger partial charge in [-0.2, -0.15) is 4.31 Å². The molecule has 0 aliphatic carbocycles. The van der Waals surface area contributed by atoms with Crippen molar-refractivity contribution in [3.63, 3.8) is 0 Å². The largest absolute Gasteiger partial charge is 0.497 e. The van der Waals surface area contributed by atoms with Crippen molar-refractivity contribution in [1.29, 1.82) is 0 Å². The van der Waals surface area contributed by atoms with Gasteiger partial charge < -0.3 is 14.4 Å². The Morgan fingerprint density at radius 3 is 2.28 bits per heavy atom. The molecule has 4 rings (SSSR count). The SMILES string of the molecule is COc1ccc(S(=O)(=O)N2CCN(C(=O)C3(c4cccc(Cl)c4)CCOCC3)CC2)cc1. The van der Waals surface area contributed by atoms with Crippen LogP contribution in [-0.4, -0.2) is 70.0 Å². The van der Waals surface area contributed by atoms with Crippen LogP contribution in [0.3, 0.4) is 0 Å². The Labute approximate surface area is 193 Å². The summed E-state index contributed by atoms with van der Waals surface area (Å²) in [6, 6.07) is 13.8. The van der Waals surface area contributed by atoms with Crippen LogP contribution >= 0.6 is 11.6 Å². The lowest BCUT2D eigenvalue weighted by Gasteiger charge is -2.42. The molecular weight excluding hydrogens is 452 g/mol. The highest BCUT2D eigenvalue weighted by Crippen LogP contribution is 2.38. The van der Waals surface area contributed by atoms with Crippen molar-refractivity contribution in [1.82, 2.24) is 9.21 Å². The zero-order chi connectivity index (χ0) is 22.8. The predicted molar refractivity (Wildman–Crippen MR) is 122 cm³/mol. The Kier molecular flexibility index (Phi) is 6.76. The first-order valence-corrected chi connectivity index (χ1v) is 12.5. The summed E-state index contributed by atoms with van der Waals surface area (Å²) in [5.41, 5.74) is 0.201. The van der Waals surface area contributed by atoms with Crippen molar-refractivity contribution in [3.05, 3.63) is 59.1 Å². The highest BCUT2D eigenvalue weighted by Gasteiger charge is 2.45. The molecule has 7 nitrogen and oxygen atoms in total. The van der Waals surface area contributed by atoms with Gasteiger partial charge in [0.2, 0.25) is 15.9 Å². The van der Waals surface area contributed by atoms with Gasteiger partial charge >= 0.3 is 0 Å². The molecule has 0 atom stereocenters. The van der Waals surface area contributed by atoms with Gasteiger partial charge in [0.15, 0.2) is 0 Å². The maximum Gasteiger partial charge on any atom is 0.243 e. The molecule has 2 fully saturated rings. The summed E-state index contributed by atoms with van der Waals surface area (Å²) in [6.45, 7) is 2.20. The van der Waals surface area contributed by atoms with Crippen LogP contribution < -0.4 is 4.74 Å². The van der Waals surface area contributed by atoms with E-state index in [-0.39, 0.29) is 23.9 Å². The van der Waals surface area contributed by atoms with E-state index in [9.17, 15) is 13.2 Å². The molecule has 2 heterocycles. The molecule has 0 radical (unpaired) electrons. The first kappa shape index (κ1) is 23.0. The number of sulfonamides is 1. The van der Waals surface area contributed by atoms with Gasteiger partial charge in [-0.05, 0) is 54.8 Å². The minimum absolute atomic E-state index is 0.0181. The fraction of sp³-hybridized carbons (Fsp3) is 0.435. The number of ether oxygens (including phenoxy) is 2. The Hall–Kier alpha value is -2.13. The molecule has 2 aliphatic heterocycles. The lowest BCUT2D eigenvalue weighted by Crippen LogP contribution is -2.56. The number of hydrogen-bond donors (Lipinski definition) is 0. The number of piperazine rings is 1. The fourth-order valence-electron chi connectivity index (χ4n) is 4.46. The molecule has 2 aromatic rings. The van der Waals surface area contributed by atoms with E-state index in [1.165, 1.54) is 11.4 Å². The van der Waals surface area contributed by atoms with Gasteiger partial charge in [0.25, 0.3) is 0 Å². The third-order valence-corrected chi connectivity index (χ3v) is 8.50. The number of halogens is 1. The van der Waals surface area contributed by atoms with Gasteiger partial charge in [-0.15, -0.1) is 0 Å². The second-order valence-corrected chi connectivity index (χ2v) is 10.5. The van der Waals surface area contributed by atoms with Crippen LogP contribution in [-0.2, 0) is 25.0 Å². The van der Waals surface area contributed by atoms with E-state index < -0.39 is 15.4 Å². The molecule has 0 bridgehead atoms. The van der Waals surface area contributed by atoms with Crippen LogP contribution in [0.15, 0.2) is 53.4 Å². The van der Waals surface area contributed by atoms with Crippen LogP contribution in [0.4, 0.5) is 0 Å². The molecule has 2 aromatic carbocycles. The van der Waals surface area contributed by atoms with Crippen LogP contribution in [0.2, 0.25) is 5.02 Å². The number of rotatable bonds is 5. The summed E-state index contributed by atoms with van der Waals surface area (Å²) in [6.07, 6.45) is 1.16. The second kappa shape index (κ2) is 9.39. The van der Waals surface area contributed by atoms with Crippen LogP contribution in [0.25, 0.3) is 0 Å². The number of amides is 1. The van der Waals surface area contributed by atoms with Gasteiger partial charge in [0.05, 0.1) is 17.4 Å². The average Bonchev–Trinajstić information content (AvgIpc) is 2.84. The normalized spacial score (nSPS) is 19.5. The van der Waals surface area contributed by atoms with Crippen molar-refractivity contribution in [2.24, 2.45) is 0 Å². The lowest BCUT2D eigenvalue weighted by molar-refractivity contribution is -0.142. The van der Waals surface area contributed by atoms with Crippen molar-refractivity contribution in [3.8, 4) is 5.75 Å². The third kappa shape index (κ3) is 4.37. The minimum atomic E-state index is -3.63. The van der Waals surface area contributed by atoms with Gasteiger partial charge in [0, 0.05) is 44.4 Å². The van der Waals surface area contributed by atoms with Crippen molar-refractivity contribution in [2.75, 3.05) is 46.5 Å². The van der Waals surface area contributed by atoms with E-state index >= 15 is 0 Å².